The molecule has 1 aromatic carbocycles. The number of benzene rings is 1. The summed E-state index contributed by atoms with van der Waals surface area (Å²) in [5.41, 5.74) is 4.23. The quantitative estimate of drug-likeness (QED) is 0.842. The molecule has 2 rings (SSSR count). The Morgan fingerprint density at radius 1 is 1.06 bits per heavy atom. The van der Waals surface area contributed by atoms with Gasteiger partial charge < -0.3 is 5.32 Å². The minimum atomic E-state index is 0.952. The first-order chi connectivity index (χ1) is 8.31. The number of aryl methyl sites for hydroxylation is 2. The van der Waals surface area contributed by atoms with Crippen LogP contribution in [0.2, 0.25) is 0 Å². The van der Waals surface area contributed by atoms with E-state index in [2.05, 4.69) is 54.9 Å². The zero-order valence-electron chi connectivity index (χ0n) is 10.5. The highest BCUT2D eigenvalue weighted by atomic mass is 32.1. The van der Waals surface area contributed by atoms with Gasteiger partial charge in [0.1, 0.15) is 0 Å². The smallest absolute Gasteiger partial charge is 0.0305 e. The maximum Gasteiger partial charge on any atom is 0.0305 e. The fourth-order valence-corrected chi connectivity index (χ4v) is 2.90. The Hall–Kier alpha value is -1.12. The number of hydrogen-bond donors (Lipinski definition) is 1. The van der Waals surface area contributed by atoms with Gasteiger partial charge in [0.15, 0.2) is 0 Å². The van der Waals surface area contributed by atoms with Crippen molar-refractivity contribution < 1.29 is 0 Å². The molecule has 17 heavy (non-hydrogen) atoms. The summed E-state index contributed by atoms with van der Waals surface area (Å²) in [7, 11) is 0. The standard InChI is InChI=1S/C15H19NS/c1-3-13-8-9-17-15(13)11-16-10-14-7-5-4-6-12(14)2/h4-9,16H,3,10-11H2,1-2H3. The van der Waals surface area contributed by atoms with Crippen molar-refractivity contribution >= 4 is 11.3 Å². The van der Waals surface area contributed by atoms with Gasteiger partial charge in [-0.1, -0.05) is 31.2 Å². The molecule has 0 aliphatic heterocycles. The molecule has 2 heteroatoms. The van der Waals surface area contributed by atoms with Crippen molar-refractivity contribution in [1.29, 1.82) is 0 Å². The molecule has 0 amide bonds. The van der Waals surface area contributed by atoms with Crippen molar-refractivity contribution in [2.45, 2.75) is 33.4 Å². The van der Waals surface area contributed by atoms with Crippen LogP contribution in [0.5, 0.6) is 0 Å². The van der Waals surface area contributed by atoms with Crippen LogP contribution < -0.4 is 5.32 Å². The lowest BCUT2D eigenvalue weighted by Crippen LogP contribution is -2.13. The average molecular weight is 245 g/mol. The number of rotatable bonds is 5. The Bertz CT molecular complexity index is 473. The van der Waals surface area contributed by atoms with Gasteiger partial charge in [-0.3, -0.25) is 0 Å². The van der Waals surface area contributed by atoms with E-state index in [9.17, 15) is 0 Å². The molecule has 0 fully saturated rings. The van der Waals surface area contributed by atoms with Crippen LogP contribution in [0.1, 0.15) is 28.5 Å². The van der Waals surface area contributed by atoms with Gasteiger partial charge in [0.2, 0.25) is 0 Å². The summed E-state index contributed by atoms with van der Waals surface area (Å²) in [5.74, 6) is 0. The molecule has 0 spiro atoms. The average Bonchev–Trinajstić information content (AvgIpc) is 2.79. The molecule has 1 heterocycles. The van der Waals surface area contributed by atoms with Crippen molar-refractivity contribution in [2.75, 3.05) is 0 Å². The molecule has 0 saturated heterocycles. The molecule has 0 unspecified atom stereocenters. The van der Waals surface area contributed by atoms with Crippen LogP contribution in [0, 0.1) is 6.92 Å². The van der Waals surface area contributed by atoms with Crippen LogP contribution in [0.15, 0.2) is 35.7 Å². The van der Waals surface area contributed by atoms with E-state index in [0.717, 1.165) is 19.5 Å². The van der Waals surface area contributed by atoms with E-state index in [0.29, 0.717) is 0 Å². The molecule has 0 radical (unpaired) electrons. The highest BCUT2D eigenvalue weighted by Gasteiger charge is 2.02. The van der Waals surface area contributed by atoms with Gasteiger partial charge in [0.05, 0.1) is 0 Å². The van der Waals surface area contributed by atoms with Gasteiger partial charge in [-0.25, -0.2) is 0 Å². The van der Waals surface area contributed by atoms with E-state index in [-0.39, 0.29) is 0 Å². The molecule has 2 aromatic rings. The lowest BCUT2D eigenvalue weighted by atomic mass is 10.1. The summed E-state index contributed by atoms with van der Waals surface area (Å²) < 4.78 is 0. The molecule has 0 saturated carbocycles. The minimum absolute atomic E-state index is 0.952. The Balaban J connectivity index is 1.90. The molecule has 0 aliphatic carbocycles. The second-order valence-corrected chi connectivity index (χ2v) is 5.25. The van der Waals surface area contributed by atoms with Crippen molar-refractivity contribution in [2.24, 2.45) is 0 Å². The van der Waals surface area contributed by atoms with E-state index < -0.39 is 0 Å². The van der Waals surface area contributed by atoms with Crippen molar-refractivity contribution in [3.05, 3.63) is 57.3 Å². The van der Waals surface area contributed by atoms with E-state index in [1.54, 1.807) is 0 Å². The summed E-state index contributed by atoms with van der Waals surface area (Å²) >= 11 is 1.85. The van der Waals surface area contributed by atoms with Crippen LogP contribution in [-0.2, 0) is 19.5 Å². The predicted molar refractivity (Wildman–Crippen MR) is 75.4 cm³/mol. The monoisotopic (exact) mass is 245 g/mol. The Labute approximate surface area is 108 Å². The number of nitrogens with one attached hydrogen (secondary N) is 1. The molecule has 90 valence electrons. The van der Waals surface area contributed by atoms with E-state index in [1.165, 1.54) is 21.6 Å². The minimum Gasteiger partial charge on any atom is -0.308 e. The fourth-order valence-electron chi connectivity index (χ4n) is 1.96. The molecule has 0 atom stereocenters. The van der Waals surface area contributed by atoms with E-state index in [4.69, 9.17) is 0 Å². The number of thiophene rings is 1. The second-order valence-electron chi connectivity index (χ2n) is 4.25. The van der Waals surface area contributed by atoms with Crippen LogP contribution in [0.3, 0.4) is 0 Å². The predicted octanol–water partition coefficient (Wildman–Crippen LogP) is 3.91. The molecule has 1 aromatic heterocycles. The van der Waals surface area contributed by atoms with E-state index in [1.807, 2.05) is 11.3 Å². The lowest BCUT2D eigenvalue weighted by molar-refractivity contribution is 0.694. The van der Waals surface area contributed by atoms with Gasteiger partial charge in [-0.05, 0) is 41.5 Å². The third-order valence-electron chi connectivity index (χ3n) is 3.08. The van der Waals surface area contributed by atoms with Crippen molar-refractivity contribution in [1.82, 2.24) is 5.32 Å². The highest BCUT2D eigenvalue weighted by molar-refractivity contribution is 7.10. The van der Waals surface area contributed by atoms with Gasteiger partial charge in [-0.2, -0.15) is 0 Å². The maximum absolute atomic E-state index is 3.53. The first-order valence-corrected chi connectivity index (χ1v) is 6.99. The molecule has 1 N–H and O–H groups in total. The van der Waals surface area contributed by atoms with Gasteiger partial charge >= 0.3 is 0 Å². The second kappa shape index (κ2) is 5.99. The Morgan fingerprint density at radius 2 is 1.88 bits per heavy atom. The Kier molecular flexibility index (Phi) is 4.35. The molecule has 1 nitrogen and oxygen atoms in total. The topological polar surface area (TPSA) is 12.0 Å². The summed E-state index contributed by atoms with van der Waals surface area (Å²) in [6.07, 6.45) is 1.13. The zero-order chi connectivity index (χ0) is 12.1. The van der Waals surface area contributed by atoms with Crippen LogP contribution >= 0.6 is 11.3 Å². The molecular weight excluding hydrogens is 226 g/mol. The first kappa shape index (κ1) is 12.3. The van der Waals surface area contributed by atoms with Crippen LogP contribution in [0.4, 0.5) is 0 Å². The lowest BCUT2D eigenvalue weighted by Gasteiger charge is -2.07. The highest BCUT2D eigenvalue weighted by Crippen LogP contribution is 2.17. The van der Waals surface area contributed by atoms with Crippen molar-refractivity contribution in [3.63, 3.8) is 0 Å². The first-order valence-electron chi connectivity index (χ1n) is 6.11. The van der Waals surface area contributed by atoms with Crippen molar-refractivity contribution in [3.8, 4) is 0 Å². The van der Waals surface area contributed by atoms with Gasteiger partial charge in [-0.15, -0.1) is 11.3 Å². The summed E-state index contributed by atoms with van der Waals surface area (Å²) in [5, 5.41) is 5.71. The summed E-state index contributed by atoms with van der Waals surface area (Å²) in [6, 6.07) is 10.8. The van der Waals surface area contributed by atoms with Gasteiger partial charge in [0.25, 0.3) is 0 Å². The largest absolute Gasteiger partial charge is 0.308 e. The summed E-state index contributed by atoms with van der Waals surface area (Å²) in [4.78, 5) is 1.47. The normalized spacial score (nSPS) is 10.7. The molecule has 0 aliphatic rings. The van der Waals surface area contributed by atoms with Gasteiger partial charge in [0, 0.05) is 18.0 Å². The maximum atomic E-state index is 3.53. The van der Waals surface area contributed by atoms with Crippen LogP contribution in [-0.4, -0.2) is 0 Å². The SMILES string of the molecule is CCc1ccsc1CNCc1ccccc1C. The summed E-state index contributed by atoms with van der Waals surface area (Å²) in [6.45, 7) is 6.31. The molecule has 0 bridgehead atoms. The molecular formula is C15H19NS. The third-order valence-corrected chi connectivity index (χ3v) is 4.04. The Morgan fingerprint density at radius 3 is 2.65 bits per heavy atom. The van der Waals surface area contributed by atoms with E-state index >= 15 is 0 Å². The van der Waals surface area contributed by atoms with Crippen LogP contribution in [0.25, 0.3) is 0 Å². The number of hydrogen-bond acceptors (Lipinski definition) is 2. The fraction of sp³-hybridized carbons (Fsp3) is 0.333. The zero-order valence-corrected chi connectivity index (χ0v) is 11.3. The third kappa shape index (κ3) is 3.18.